The van der Waals surface area contributed by atoms with E-state index >= 15 is 0 Å². The Morgan fingerprint density at radius 3 is 2.66 bits per heavy atom. The molecular weight excluding hydrogens is 366 g/mol. The lowest BCUT2D eigenvalue weighted by Crippen LogP contribution is -2.42. The fourth-order valence-corrected chi connectivity index (χ4v) is 4.03. The third-order valence-corrected chi connectivity index (χ3v) is 5.75. The van der Waals surface area contributed by atoms with E-state index in [2.05, 4.69) is 16.0 Å². The quantitative estimate of drug-likeness (QED) is 0.753. The summed E-state index contributed by atoms with van der Waals surface area (Å²) in [6.45, 7) is 3.96. The molecule has 6 nitrogen and oxygen atoms in total. The highest BCUT2D eigenvalue weighted by atomic mass is 16.6. The average Bonchev–Trinajstić information content (AvgIpc) is 2.76. The SMILES string of the molecule is CN(CC1COc2ccccc2O1)C(=O)CC1CCN(Cc2ccccn2)CC1. The van der Waals surface area contributed by atoms with Crippen molar-refractivity contribution in [2.24, 2.45) is 5.92 Å². The monoisotopic (exact) mass is 395 g/mol. The second-order valence-electron chi connectivity index (χ2n) is 8.02. The molecule has 0 aliphatic carbocycles. The summed E-state index contributed by atoms with van der Waals surface area (Å²) >= 11 is 0. The van der Waals surface area contributed by atoms with E-state index in [0.29, 0.717) is 25.5 Å². The van der Waals surface area contributed by atoms with Crippen molar-refractivity contribution in [3.05, 3.63) is 54.4 Å². The van der Waals surface area contributed by atoms with Gasteiger partial charge in [0.2, 0.25) is 5.91 Å². The summed E-state index contributed by atoms with van der Waals surface area (Å²) in [5.74, 6) is 2.17. The summed E-state index contributed by atoms with van der Waals surface area (Å²) in [5.41, 5.74) is 1.11. The van der Waals surface area contributed by atoms with Gasteiger partial charge in [-0.2, -0.15) is 0 Å². The van der Waals surface area contributed by atoms with Crippen LogP contribution < -0.4 is 9.47 Å². The number of hydrogen-bond donors (Lipinski definition) is 0. The van der Waals surface area contributed by atoms with Crippen LogP contribution >= 0.6 is 0 Å². The Morgan fingerprint density at radius 1 is 1.14 bits per heavy atom. The zero-order chi connectivity index (χ0) is 20.1. The largest absolute Gasteiger partial charge is 0.486 e. The maximum atomic E-state index is 12.7. The molecule has 1 amide bonds. The van der Waals surface area contributed by atoms with Crippen LogP contribution in [0.2, 0.25) is 0 Å². The molecule has 0 radical (unpaired) electrons. The van der Waals surface area contributed by atoms with E-state index in [-0.39, 0.29) is 12.0 Å². The lowest BCUT2D eigenvalue weighted by atomic mass is 9.93. The van der Waals surface area contributed by atoms with Crippen LogP contribution in [0.1, 0.15) is 25.0 Å². The Bertz CT molecular complexity index is 806. The van der Waals surface area contributed by atoms with Crippen LogP contribution in [-0.4, -0.2) is 60.1 Å². The Hall–Kier alpha value is -2.60. The number of carbonyl (C=O) groups is 1. The van der Waals surface area contributed by atoms with Crippen LogP contribution in [0.15, 0.2) is 48.7 Å². The van der Waals surface area contributed by atoms with E-state index in [4.69, 9.17) is 9.47 Å². The summed E-state index contributed by atoms with van der Waals surface area (Å²) in [5, 5.41) is 0. The highest BCUT2D eigenvalue weighted by Crippen LogP contribution is 2.31. The molecule has 3 heterocycles. The first kappa shape index (κ1) is 19.7. The maximum Gasteiger partial charge on any atom is 0.222 e. The zero-order valence-electron chi connectivity index (χ0n) is 17.0. The number of likely N-dealkylation sites (N-methyl/N-ethyl adjacent to an activating group) is 1. The lowest BCUT2D eigenvalue weighted by Gasteiger charge is -2.33. The van der Waals surface area contributed by atoms with Crippen molar-refractivity contribution < 1.29 is 14.3 Å². The van der Waals surface area contributed by atoms with Crippen molar-refractivity contribution >= 4 is 5.91 Å². The molecule has 1 aromatic carbocycles. The summed E-state index contributed by atoms with van der Waals surface area (Å²) in [6, 6.07) is 13.7. The molecule has 6 heteroatoms. The fourth-order valence-electron chi connectivity index (χ4n) is 4.03. The van der Waals surface area contributed by atoms with Gasteiger partial charge in [-0.1, -0.05) is 18.2 Å². The molecule has 0 N–H and O–H groups in total. The topological polar surface area (TPSA) is 54.9 Å². The molecule has 1 atom stereocenters. The van der Waals surface area contributed by atoms with Crippen LogP contribution in [0.4, 0.5) is 0 Å². The predicted molar refractivity (Wildman–Crippen MR) is 111 cm³/mol. The molecule has 0 saturated carbocycles. The third kappa shape index (κ3) is 5.26. The van der Waals surface area contributed by atoms with Crippen LogP contribution in [0, 0.1) is 5.92 Å². The van der Waals surface area contributed by atoms with Crippen LogP contribution in [0.5, 0.6) is 11.5 Å². The molecule has 0 bridgehead atoms. The number of likely N-dealkylation sites (tertiary alicyclic amines) is 1. The molecule has 2 aliphatic heterocycles. The lowest BCUT2D eigenvalue weighted by molar-refractivity contribution is -0.132. The number of ether oxygens (including phenoxy) is 2. The normalized spacial score (nSPS) is 19.7. The van der Waals surface area contributed by atoms with Gasteiger partial charge in [0.1, 0.15) is 6.61 Å². The molecule has 1 saturated heterocycles. The van der Waals surface area contributed by atoms with Gasteiger partial charge in [0.15, 0.2) is 17.6 Å². The van der Waals surface area contributed by atoms with E-state index in [1.807, 2.05) is 49.6 Å². The molecule has 4 rings (SSSR count). The van der Waals surface area contributed by atoms with E-state index in [1.165, 1.54) is 0 Å². The van der Waals surface area contributed by atoms with Gasteiger partial charge >= 0.3 is 0 Å². The number of fused-ring (bicyclic) bond motifs is 1. The molecule has 1 unspecified atom stereocenters. The van der Waals surface area contributed by atoms with Gasteiger partial charge in [-0.15, -0.1) is 0 Å². The minimum atomic E-state index is -0.126. The molecule has 29 heavy (non-hydrogen) atoms. The number of rotatable bonds is 6. The molecule has 154 valence electrons. The highest BCUT2D eigenvalue weighted by Gasteiger charge is 2.26. The van der Waals surface area contributed by atoms with Gasteiger partial charge in [-0.25, -0.2) is 0 Å². The first-order valence-electron chi connectivity index (χ1n) is 10.4. The van der Waals surface area contributed by atoms with E-state index < -0.39 is 0 Å². The van der Waals surface area contributed by atoms with Crippen LogP contribution in [0.3, 0.4) is 0 Å². The highest BCUT2D eigenvalue weighted by molar-refractivity contribution is 5.76. The van der Waals surface area contributed by atoms with Gasteiger partial charge in [-0.3, -0.25) is 14.7 Å². The molecule has 0 spiro atoms. The van der Waals surface area contributed by atoms with Crippen molar-refractivity contribution in [2.45, 2.75) is 31.9 Å². The molecule has 2 aromatic rings. The van der Waals surface area contributed by atoms with Crippen molar-refractivity contribution in [2.75, 3.05) is 33.3 Å². The zero-order valence-corrected chi connectivity index (χ0v) is 17.0. The Morgan fingerprint density at radius 2 is 1.90 bits per heavy atom. The standard InChI is InChI=1S/C23H29N3O3/c1-25(16-20-17-28-21-7-2-3-8-22(21)29-20)23(27)14-18-9-12-26(13-10-18)15-19-6-4-5-11-24-19/h2-8,11,18,20H,9-10,12-17H2,1H3. The molecule has 1 aromatic heterocycles. The smallest absolute Gasteiger partial charge is 0.222 e. The Labute approximate surface area is 172 Å². The number of piperidine rings is 1. The van der Waals surface area contributed by atoms with E-state index in [9.17, 15) is 4.79 Å². The number of aromatic nitrogens is 1. The second-order valence-corrected chi connectivity index (χ2v) is 8.02. The summed E-state index contributed by atoms with van der Waals surface area (Å²) < 4.78 is 11.7. The van der Waals surface area contributed by atoms with Gasteiger partial charge in [0, 0.05) is 26.2 Å². The Balaban J connectivity index is 1.20. The fraction of sp³-hybridized carbons (Fsp3) is 0.478. The number of nitrogens with zero attached hydrogens (tertiary/aromatic N) is 3. The van der Waals surface area contributed by atoms with Crippen LogP contribution in [-0.2, 0) is 11.3 Å². The minimum absolute atomic E-state index is 0.126. The number of para-hydroxylation sites is 2. The van der Waals surface area contributed by atoms with Gasteiger partial charge in [-0.05, 0) is 56.1 Å². The third-order valence-electron chi connectivity index (χ3n) is 5.75. The summed E-state index contributed by atoms with van der Waals surface area (Å²) in [7, 11) is 1.86. The van der Waals surface area contributed by atoms with Gasteiger partial charge < -0.3 is 14.4 Å². The molecule has 1 fully saturated rings. The summed E-state index contributed by atoms with van der Waals surface area (Å²) in [6.07, 6.45) is 4.44. The van der Waals surface area contributed by atoms with Crippen molar-refractivity contribution in [3.8, 4) is 11.5 Å². The Kier molecular flexibility index (Phi) is 6.30. The van der Waals surface area contributed by atoms with E-state index in [0.717, 1.165) is 49.7 Å². The molecule has 2 aliphatic rings. The predicted octanol–water partition coefficient (Wildman–Crippen LogP) is 2.98. The number of pyridine rings is 1. The van der Waals surface area contributed by atoms with Crippen LogP contribution in [0.25, 0.3) is 0 Å². The summed E-state index contributed by atoms with van der Waals surface area (Å²) in [4.78, 5) is 21.3. The number of hydrogen-bond acceptors (Lipinski definition) is 5. The number of amides is 1. The first-order valence-corrected chi connectivity index (χ1v) is 10.4. The van der Waals surface area contributed by atoms with Gasteiger partial charge in [0.05, 0.1) is 12.2 Å². The molecular formula is C23H29N3O3. The average molecular weight is 396 g/mol. The maximum absolute atomic E-state index is 12.7. The van der Waals surface area contributed by atoms with Gasteiger partial charge in [0.25, 0.3) is 0 Å². The number of carbonyl (C=O) groups excluding carboxylic acids is 1. The van der Waals surface area contributed by atoms with Crippen molar-refractivity contribution in [3.63, 3.8) is 0 Å². The van der Waals surface area contributed by atoms with Crippen molar-refractivity contribution in [1.29, 1.82) is 0 Å². The van der Waals surface area contributed by atoms with E-state index in [1.54, 1.807) is 4.90 Å². The second kappa shape index (κ2) is 9.27. The van der Waals surface area contributed by atoms with Crippen molar-refractivity contribution in [1.82, 2.24) is 14.8 Å². The number of benzene rings is 1. The minimum Gasteiger partial charge on any atom is -0.486 e. The first-order chi connectivity index (χ1) is 14.2.